The van der Waals surface area contributed by atoms with Crippen molar-refractivity contribution in [1.29, 1.82) is 0 Å². The van der Waals surface area contributed by atoms with Crippen LogP contribution in [0.2, 0.25) is 0 Å². The van der Waals surface area contributed by atoms with Gasteiger partial charge in [-0.05, 0) is 31.0 Å². The summed E-state index contributed by atoms with van der Waals surface area (Å²) in [7, 11) is 0. The summed E-state index contributed by atoms with van der Waals surface area (Å²) in [5, 5.41) is 5.81. The molecule has 0 radical (unpaired) electrons. The molecule has 5 heteroatoms. The number of halogens is 1. The average Bonchev–Trinajstić information content (AvgIpc) is 2.42. The van der Waals surface area contributed by atoms with Gasteiger partial charge in [-0.1, -0.05) is 48.8 Å². The summed E-state index contributed by atoms with van der Waals surface area (Å²) in [6.07, 6.45) is 1.04. The van der Waals surface area contributed by atoms with Crippen LogP contribution >= 0.6 is 15.9 Å². The highest BCUT2D eigenvalue weighted by Crippen LogP contribution is 2.18. The average molecular weight is 369 g/mol. The maximum atomic E-state index is 11.9. The summed E-state index contributed by atoms with van der Waals surface area (Å²) in [5.74, 6) is 0.00731. The van der Waals surface area contributed by atoms with Crippen LogP contribution in [0.4, 0.5) is 0 Å². The quantitative estimate of drug-likeness (QED) is 0.754. The third kappa shape index (κ3) is 6.60. The van der Waals surface area contributed by atoms with Crippen molar-refractivity contribution in [2.24, 2.45) is 5.41 Å². The van der Waals surface area contributed by atoms with Gasteiger partial charge in [-0.25, -0.2) is 0 Å². The van der Waals surface area contributed by atoms with Gasteiger partial charge in [0.25, 0.3) is 0 Å². The maximum Gasteiger partial charge on any atom is 0.225 e. The van der Waals surface area contributed by atoms with E-state index in [9.17, 15) is 9.59 Å². The molecule has 0 saturated carbocycles. The van der Waals surface area contributed by atoms with Crippen molar-refractivity contribution < 1.29 is 9.59 Å². The fourth-order valence-corrected chi connectivity index (χ4v) is 2.31. The number of amides is 2. The van der Waals surface area contributed by atoms with Gasteiger partial charge in [0.05, 0.1) is 6.04 Å². The maximum absolute atomic E-state index is 11.9. The van der Waals surface area contributed by atoms with Crippen LogP contribution in [-0.4, -0.2) is 18.4 Å². The lowest BCUT2D eigenvalue weighted by molar-refractivity contribution is -0.128. The molecule has 0 aromatic heterocycles. The number of nitrogens with one attached hydrogen (secondary N) is 2. The van der Waals surface area contributed by atoms with E-state index >= 15 is 0 Å². The molecule has 0 bridgehead atoms. The van der Waals surface area contributed by atoms with E-state index in [1.165, 1.54) is 0 Å². The van der Waals surface area contributed by atoms with E-state index < -0.39 is 5.41 Å². The van der Waals surface area contributed by atoms with Crippen LogP contribution < -0.4 is 10.6 Å². The first-order chi connectivity index (χ1) is 10.2. The van der Waals surface area contributed by atoms with Crippen molar-refractivity contribution in [1.82, 2.24) is 10.6 Å². The van der Waals surface area contributed by atoms with E-state index in [4.69, 9.17) is 0 Å². The highest BCUT2D eigenvalue weighted by Gasteiger charge is 2.20. The lowest BCUT2D eigenvalue weighted by Gasteiger charge is -2.18. The van der Waals surface area contributed by atoms with Crippen molar-refractivity contribution >= 4 is 27.7 Å². The SMILES string of the molecule is CC(NC(=O)CCCNC(=O)C(C)(C)C)c1cccc(Br)c1. The minimum Gasteiger partial charge on any atom is -0.356 e. The highest BCUT2D eigenvalue weighted by molar-refractivity contribution is 9.10. The molecule has 0 heterocycles. The molecule has 122 valence electrons. The first-order valence-corrected chi connectivity index (χ1v) is 8.32. The van der Waals surface area contributed by atoms with Gasteiger partial charge in [0, 0.05) is 22.9 Å². The molecular weight excluding hydrogens is 344 g/mol. The first-order valence-electron chi connectivity index (χ1n) is 7.53. The second-order valence-corrected chi connectivity index (χ2v) is 7.37. The predicted octanol–water partition coefficient (Wildman–Crippen LogP) is 3.57. The van der Waals surface area contributed by atoms with E-state index in [1.54, 1.807) is 0 Å². The fourth-order valence-electron chi connectivity index (χ4n) is 1.89. The Morgan fingerprint density at radius 2 is 1.95 bits per heavy atom. The lowest BCUT2D eigenvalue weighted by Crippen LogP contribution is -2.36. The molecule has 1 atom stereocenters. The molecule has 1 aromatic rings. The number of carbonyl (C=O) groups excluding carboxylic acids is 2. The lowest BCUT2D eigenvalue weighted by atomic mass is 9.96. The molecule has 1 unspecified atom stereocenters. The zero-order valence-electron chi connectivity index (χ0n) is 13.7. The Morgan fingerprint density at radius 1 is 1.27 bits per heavy atom. The third-order valence-corrected chi connectivity index (χ3v) is 3.77. The van der Waals surface area contributed by atoms with Crippen LogP contribution in [0, 0.1) is 5.41 Å². The number of carbonyl (C=O) groups is 2. The van der Waals surface area contributed by atoms with Crippen molar-refractivity contribution in [3.05, 3.63) is 34.3 Å². The summed E-state index contributed by atoms with van der Waals surface area (Å²) in [5.41, 5.74) is 0.668. The molecule has 4 nitrogen and oxygen atoms in total. The number of rotatable bonds is 6. The molecule has 0 aliphatic carbocycles. The van der Waals surface area contributed by atoms with Gasteiger partial charge in [0.2, 0.25) is 11.8 Å². The summed E-state index contributed by atoms with van der Waals surface area (Å²) in [6, 6.07) is 7.85. The van der Waals surface area contributed by atoms with E-state index in [-0.39, 0.29) is 17.9 Å². The molecule has 0 spiro atoms. The second-order valence-electron chi connectivity index (χ2n) is 6.45. The van der Waals surface area contributed by atoms with Gasteiger partial charge in [-0.3, -0.25) is 9.59 Å². The van der Waals surface area contributed by atoms with E-state index in [2.05, 4.69) is 26.6 Å². The molecule has 2 N–H and O–H groups in total. The number of benzene rings is 1. The molecule has 22 heavy (non-hydrogen) atoms. The Kier molecular flexibility index (Phi) is 7.07. The smallest absolute Gasteiger partial charge is 0.225 e. The van der Waals surface area contributed by atoms with Crippen LogP contribution in [-0.2, 0) is 9.59 Å². The van der Waals surface area contributed by atoms with E-state index in [0.717, 1.165) is 10.0 Å². The van der Waals surface area contributed by atoms with Gasteiger partial charge < -0.3 is 10.6 Å². The molecular formula is C17H25BrN2O2. The summed E-state index contributed by atoms with van der Waals surface area (Å²) < 4.78 is 0.996. The van der Waals surface area contributed by atoms with Crippen molar-refractivity contribution in [3.63, 3.8) is 0 Å². The van der Waals surface area contributed by atoms with Crippen LogP contribution in [0.15, 0.2) is 28.7 Å². The van der Waals surface area contributed by atoms with E-state index in [0.29, 0.717) is 19.4 Å². The summed E-state index contributed by atoms with van der Waals surface area (Å²) in [6.45, 7) is 8.09. The monoisotopic (exact) mass is 368 g/mol. The molecule has 0 aliphatic heterocycles. The van der Waals surface area contributed by atoms with Crippen molar-refractivity contribution in [2.75, 3.05) is 6.54 Å². The Morgan fingerprint density at radius 3 is 2.55 bits per heavy atom. The highest BCUT2D eigenvalue weighted by atomic mass is 79.9. The van der Waals surface area contributed by atoms with E-state index in [1.807, 2.05) is 52.0 Å². The van der Waals surface area contributed by atoms with Gasteiger partial charge in [-0.15, -0.1) is 0 Å². The predicted molar refractivity (Wildman–Crippen MR) is 92.4 cm³/mol. The Labute approximate surface area is 141 Å². The van der Waals surface area contributed by atoms with Gasteiger partial charge >= 0.3 is 0 Å². The third-order valence-electron chi connectivity index (χ3n) is 3.27. The van der Waals surface area contributed by atoms with Gasteiger partial charge in [-0.2, -0.15) is 0 Å². The zero-order valence-corrected chi connectivity index (χ0v) is 15.3. The van der Waals surface area contributed by atoms with Crippen molar-refractivity contribution in [2.45, 2.75) is 46.6 Å². The van der Waals surface area contributed by atoms with Crippen LogP contribution in [0.1, 0.15) is 52.1 Å². The fraction of sp³-hybridized carbons (Fsp3) is 0.529. The van der Waals surface area contributed by atoms with Crippen LogP contribution in [0.3, 0.4) is 0 Å². The zero-order chi connectivity index (χ0) is 16.8. The number of hydrogen-bond donors (Lipinski definition) is 2. The van der Waals surface area contributed by atoms with Crippen LogP contribution in [0.5, 0.6) is 0 Å². The Balaban J connectivity index is 2.30. The van der Waals surface area contributed by atoms with Crippen LogP contribution in [0.25, 0.3) is 0 Å². The molecule has 0 fully saturated rings. The summed E-state index contributed by atoms with van der Waals surface area (Å²) >= 11 is 3.42. The number of hydrogen-bond acceptors (Lipinski definition) is 2. The molecule has 1 aromatic carbocycles. The molecule has 2 amide bonds. The van der Waals surface area contributed by atoms with Gasteiger partial charge in [0.1, 0.15) is 0 Å². The standard InChI is InChI=1S/C17H25BrN2O2/c1-12(13-7-5-8-14(18)11-13)20-15(21)9-6-10-19-16(22)17(2,3)4/h5,7-8,11-12H,6,9-10H2,1-4H3,(H,19,22)(H,20,21). The first kappa shape index (κ1) is 18.7. The summed E-state index contributed by atoms with van der Waals surface area (Å²) in [4.78, 5) is 23.6. The molecule has 1 rings (SSSR count). The Hall–Kier alpha value is -1.36. The minimum atomic E-state index is -0.391. The molecule has 0 aliphatic rings. The van der Waals surface area contributed by atoms with Gasteiger partial charge in [0.15, 0.2) is 0 Å². The van der Waals surface area contributed by atoms with Crippen molar-refractivity contribution in [3.8, 4) is 0 Å². The second kappa shape index (κ2) is 8.32. The molecule has 0 saturated heterocycles. The largest absolute Gasteiger partial charge is 0.356 e. The Bertz CT molecular complexity index is 524. The topological polar surface area (TPSA) is 58.2 Å². The minimum absolute atomic E-state index is 0.00233. The normalized spacial score (nSPS) is 12.6.